The SMILES string of the molecule is CCOC(=O)C1=C(COCCN)NC(C)=C(C(=O)OC)C1c1ccccc1Cl.NC(CC(=O)O)C(=O)O. The van der Waals surface area contributed by atoms with Gasteiger partial charge in [0.25, 0.3) is 0 Å². The third-order valence-corrected chi connectivity index (χ3v) is 5.33. The number of benzene rings is 1. The monoisotopic (exact) mass is 541 g/mol. The molecule has 2 unspecified atom stereocenters. The number of halogens is 1. The number of carboxylic acid groups (broad SMARTS) is 2. The van der Waals surface area contributed by atoms with Crippen LogP contribution < -0.4 is 16.8 Å². The first-order valence-corrected chi connectivity index (χ1v) is 11.6. The lowest BCUT2D eigenvalue weighted by atomic mass is 9.80. The Balaban J connectivity index is 0.000000649. The van der Waals surface area contributed by atoms with E-state index in [1.807, 2.05) is 0 Å². The maximum Gasteiger partial charge on any atom is 0.336 e. The van der Waals surface area contributed by atoms with Gasteiger partial charge >= 0.3 is 23.9 Å². The van der Waals surface area contributed by atoms with E-state index in [9.17, 15) is 19.2 Å². The van der Waals surface area contributed by atoms with Crippen molar-refractivity contribution in [3.8, 4) is 0 Å². The molecule has 0 saturated heterocycles. The summed E-state index contributed by atoms with van der Waals surface area (Å²) < 4.78 is 15.8. The second-order valence-corrected chi connectivity index (χ2v) is 8.01. The van der Waals surface area contributed by atoms with Gasteiger partial charge in [0.05, 0.1) is 56.1 Å². The number of nitrogens with one attached hydrogen (secondary N) is 1. The predicted octanol–water partition coefficient (Wildman–Crippen LogP) is 1.14. The fraction of sp³-hybridized carbons (Fsp3) is 0.417. The van der Waals surface area contributed by atoms with Crippen LogP contribution >= 0.6 is 11.6 Å². The number of allylic oxidation sites excluding steroid dienone is 1. The molecule has 13 heteroatoms. The number of nitrogens with two attached hydrogens (primary N) is 2. The molecule has 0 fully saturated rings. The molecular weight excluding hydrogens is 510 g/mol. The largest absolute Gasteiger partial charge is 0.481 e. The quantitative estimate of drug-likeness (QED) is 0.198. The number of esters is 2. The van der Waals surface area contributed by atoms with Gasteiger partial charge in [0, 0.05) is 17.3 Å². The fourth-order valence-electron chi connectivity index (χ4n) is 3.39. The van der Waals surface area contributed by atoms with Gasteiger partial charge in [-0.15, -0.1) is 0 Å². The molecule has 1 aromatic carbocycles. The summed E-state index contributed by atoms with van der Waals surface area (Å²) in [7, 11) is 1.29. The van der Waals surface area contributed by atoms with E-state index in [-0.39, 0.29) is 18.8 Å². The highest BCUT2D eigenvalue weighted by Gasteiger charge is 2.39. The van der Waals surface area contributed by atoms with Crippen molar-refractivity contribution in [2.45, 2.75) is 32.2 Å². The summed E-state index contributed by atoms with van der Waals surface area (Å²) in [5.74, 6) is -4.36. The van der Waals surface area contributed by atoms with E-state index in [0.717, 1.165) is 0 Å². The standard InChI is InChI=1S/C20H25ClN2O5.C4H7NO4/c1-4-28-20(25)18-15(11-27-10-9-22)23-12(2)16(19(24)26-3)17(18)13-7-5-6-8-14(13)21;5-2(4(8)9)1-3(6)7/h5-8,17,23H,4,9-11,22H2,1-3H3;2H,1,5H2,(H,6,7)(H,8,9). The van der Waals surface area contributed by atoms with E-state index in [2.05, 4.69) is 5.32 Å². The van der Waals surface area contributed by atoms with Gasteiger partial charge in [-0.3, -0.25) is 9.59 Å². The average molecular weight is 542 g/mol. The van der Waals surface area contributed by atoms with Crippen molar-refractivity contribution in [2.75, 3.05) is 33.5 Å². The van der Waals surface area contributed by atoms with Crippen molar-refractivity contribution in [2.24, 2.45) is 11.5 Å². The number of carbonyl (C=O) groups is 4. The highest BCUT2D eigenvalue weighted by atomic mass is 35.5. The second kappa shape index (κ2) is 15.6. The van der Waals surface area contributed by atoms with Gasteiger partial charge in [-0.05, 0) is 25.5 Å². The lowest BCUT2D eigenvalue weighted by molar-refractivity contribution is -0.144. The minimum atomic E-state index is -1.29. The van der Waals surface area contributed by atoms with Crippen molar-refractivity contribution in [1.29, 1.82) is 0 Å². The smallest absolute Gasteiger partial charge is 0.336 e. The summed E-state index contributed by atoms with van der Waals surface area (Å²) in [6.45, 7) is 4.42. The summed E-state index contributed by atoms with van der Waals surface area (Å²) in [6.07, 6.45) is -0.532. The van der Waals surface area contributed by atoms with Crippen LogP contribution in [0.25, 0.3) is 0 Å². The van der Waals surface area contributed by atoms with Gasteiger partial charge in [0.15, 0.2) is 0 Å². The lowest BCUT2D eigenvalue weighted by Crippen LogP contribution is -2.35. The van der Waals surface area contributed by atoms with Crippen molar-refractivity contribution < 1.29 is 43.6 Å². The number of methoxy groups -OCH3 is 1. The number of carboxylic acids is 2. The third-order valence-electron chi connectivity index (χ3n) is 4.98. The molecule has 0 spiro atoms. The van der Waals surface area contributed by atoms with Gasteiger partial charge < -0.3 is 41.2 Å². The van der Waals surface area contributed by atoms with Crippen LogP contribution in [0.2, 0.25) is 5.02 Å². The summed E-state index contributed by atoms with van der Waals surface area (Å²) >= 11 is 6.42. The van der Waals surface area contributed by atoms with E-state index in [0.29, 0.717) is 40.7 Å². The van der Waals surface area contributed by atoms with Crippen LogP contribution in [-0.4, -0.2) is 73.6 Å². The normalized spacial score (nSPS) is 15.7. The molecule has 1 aliphatic rings. The minimum absolute atomic E-state index is 0.109. The maximum atomic E-state index is 12.9. The number of hydrogen-bond acceptors (Lipinski definition) is 10. The van der Waals surface area contributed by atoms with E-state index in [1.54, 1.807) is 38.1 Å². The highest BCUT2D eigenvalue weighted by Crippen LogP contribution is 2.41. The van der Waals surface area contributed by atoms with Crippen molar-refractivity contribution in [3.63, 3.8) is 0 Å². The van der Waals surface area contributed by atoms with Gasteiger partial charge in [0.2, 0.25) is 0 Å². The molecule has 12 nitrogen and oxygen atoms in total. The molecule has 37 heavy (non-hydrogen) atoms. The Morgan fingerprint density at radius 2 is 1.78 bits per heavy atom. The molecule has 2 atom stereocenters. The molecule has 0 amide bonds. The Kier molecular flexibility index (Phi) is 13.3. The summed E-state index contributed by atoms with van der Waals surface area (Å²) in [5, 5.41) is 19.6. The maximum absolute atomic E-state index is 12.9. The molecule has 1 heterocycles. The Hall–Kier alpha value is -3.45. The average Bonchev–Trinajstić information content (AvgIpc) is 2.83. The second-order valence-electron chi connectivity index (χ2n) is 7.61. The Morgan fingerprint density at radius 3 is 2.27 bits per heavy atom. The molecule has 204 valence electrons. The van der Waals surface area contributed by atoms with Crippen LogP contribution in [-0.2, 0) is 33.4 Å². The number of carbonyl (C=O) groups excluding carboxylic acids is 2. The zero-order valence-corrected chi connectivity index (χ0v) is 21.5. The van der Waals surface area contributed by atoms with Crippen LogP contribution in [0.1, 0.15) is 31.7 Å². The van der Waals surface area contributed by atoms with Crippen LogP contribution in [0.3, 0.4) is 0 Å². The molecular formula is C24H32ClN3O9. The van der Waals surface area contributed by atoms with Crippen LogP contribution in [0.4, 0.5) is 0 Å². The van der Waals surface area contributed by atoms with E-state index >= 15 is 0 Å². The molecule has 0 saturated carbocycles. The van der Waals surface area contributed by atoms with Crippen molar-refractivity contribution in [1.82, 2.24) is 5.32 Å². The molecule has 1 aliphatic heterocycles. The highest BCUT2D eigenvalue weighted by molar-refractivity contribution is 6.31. The Labute approximate surface area is 219 Å². The van der Waals surface area contributed by atoms with Crippen molar-refractivity contribution >= 4 is 35.5 Å². The van der Waals surface area contributed by atoms with Crippen LogP contribution in [0, 0.1) is 0 Å². The zero-order chi connectivity index (χ0) is 28.1. The van der Waals surface area contributed by atoms with Gasteiger partial charge in [-0.25, -0.2) is 9.59 Å². The Morgan fingerprint density at radius 1 is 1.14 bits per heavy atom. The predicted molar refractivity (Wildman–Crippen MR) is 133 cm³/mol. The Bertz CT molecular complexity index is 1060. The molecule has 0 aromatic heterocycles. The van der Waals surface area contributed by atoms with Gasteiger partial charge in [-0.2, -0.15) is 0 Å². The first-order chi connectivity index (χ1) is 17.5. The minimum Gasteiger partial charge on any atom is -0.481 e. The van der Waals surface area contributed by atoms with Crippen LogP contribution in [0.15, 0.2) is 46.8 Å². The summed E-state index contributed by atoms with van der Waals surface area (Å²) in [4.78, 5) is 45.1. The molecule has 0 radical (unpaired) electrons. The lowest BCUT2D eigenvalue weighted by Gasteiger charge is -2.31. The molecule has 7 N–H and O–H groups in total. The van der Waals surface area contributed by atoms with Gasteiger partial charge in [0.1, 0.15) is 6.04 Å². The van der Waals surface area contributed by atoms with E-state index in [4.69, 9.17) is 47.5 Å². The van der Waals surface area contributed by atoms with Crippen LogP contribution in [0.5, 0.6) is 0 Å². The summed E-state index contributed by atoms with van der Waals surface area (Å²) in [6, 6.07) is 5.76. The van der Waals surface area contributed by atoms with E-state index in [1.165, 1.54) is 7.11 Å². The number of rotatable bonds is 11. The molecule has 2 rings (SSSR count). The molecule has 0 bridgehead atoms. The number of hydrogen-bond donors (Lipinski definition) is 5. The first-order valence-electron chi connectivity index (χ1n) is 11.2. The van der Waals surface area contributed by atoms with Crippen molar-refractivity contribution in [3.05, 3.63) is 57.4 Å². The number of aliphatic carboxylic acids is 2. The first kappa shape index (κ1) is 31.6. The van der Waals surface area contributed by atoms with E-state index < -0.39 is 42.3 Å². The topological polar surface area (TPSA) is 200 Å². The van der Waals surface area contributed by atoms with Gasteiger partial charge in [-0.1, -0.05) is 29.8 Å². The molecule has 0 aliphatic carbocycles. The number of dihydropyridines is 1. The third kappa shape index (κ3) is 9.17. The molecule has 1 aromatic rings. The summed E-state index contributed by atoms with van der Waals surface area (Å²) in [5.41, 5.74) is 12.5. The number of ether oxygens (including phenoxy) is 3. The zero-order valence-electron chi connectivity index (χ0n) is 20.8. The fourth-order valence-corrected chi connectivity index (χ4v) is 3.64.